The van der Waals surface area contributed by atoms with E-state index in [1.54, 1.807) is 62.9 Å². The predicted molar refractivity (Wildman–Crippen MR) is 184 cm³/mol. The Kier molecular flexibility index (Phi) is 10.7. The SMILES string of the molecule is C=CCN(C(=O)C1N(CCCCO)C(=O)[C@@H]2[C@H](C(=O)N(CC=C)c3ccc(OCC)cc3)[C@H]3SC12CC3Br)c1ccc(Cl)cc1. The molecule has 240 valence electrons. The summed E-state index contributed by atoms with van der Waals surface area (Å²) in [5.74, 6) is -1.18. The van der Waals surface area contributed by atoms with E-state index in [4.69, 9.17) is 16.3 Å². The number of hydrogen-bond acceptors (Lipinski definition) is 6. The number of fused-ring (bicyclic) bond motifs is 1. The standard InChI is InChI=1S/C34H39BrClN3O5S/c1-4-17-37(24-13-15-25(16-14-24)44-6-3)31(41)27-28-32(42)39(19-7-8-20-40)30(34(28)21-26(35)29(27)45-34)33(43)38(18-5-2)23-11-9-22(36)10-12-23/h4-5,9-16,26-30,40H,1-2,6-8,17-21H2,3H3/t26?,27-,28-,29-,30?,34?/m0/s1. The van der Waals surface area contributed by atoms with Gasteiger partial charge in [0.1, 0.15) is 11.8 Å². The Morgan fingerprint density at radius 3 is 2.24 bits per heavy atom. The monoisotopic (exact) mass is 715 g/mol. The largest absolute Gasteiger partial charge is 0.494 e. The van der Waals surface area contributed by atoms with Crippen molar-refractivity contribution >= 4 is 68.4 Å². The maximum absolute atomic E-state index is 14.7. The molecule has 2 aromatic rings. The highest BCUT2D eigenvalue weighted by Gasteiger charge is 2.76. The van der Waals surface area contributed by atoms with Gasteiger partial charge in [0.05, 0.1) is 23.2 Å². The number of hydrogen-bond donors (Lipinski definition) is 1. The summed E-state index contributed by atoms with van der Waals surface area (Å²) in [6, 6.07) is 13.6. The zero-order valence-electron chi connectivity index (χ0n) is 25.3. The lowest BCUT2D eigenvalue weighted by Crippen LogP contribution is -2.56. The van der Waals surface area contributed by atoms with E-state index in [0.717, 1.165) is 0 Å². The minimum absolute atomic E-state index is 0.0113. The van der Waals surface area contributed by atoms with Crippen molar-refractivity contribution in [3.8, 4) is 5.75 Å². The first kappa shape index (κ1) is 33.6. The van der Waals surface area contributed by atoms with Gasteiger partial charge in [0.25, 0.3) is 5.91 Å². The number of ether oxygens (including phenoxy) is 1. The lowest BCUT2D eigenvalue weighted by atomic mass is 9.70. The number of nitrogens with zero attached hydrogens (tertiary/aromatic N) is 3. The smallest absolute Gasteiger partial charge is 0.251 e. The molecule has 3 saturated heterocycles. The molecular weight excluding hydrogens is 678 g/mol. The van der Waals surface area contributed by atoms with Crippen LogP contribution in [0.1, 0.15) is 26.2 Å². The van der Waals surface area contributed by atoms with E-state index >= 15 is 0 Å². The number of unbranched alkanes of at least 4 members (excludes halogenated alkanes) is 1. The first-order valence-corrected chi connectivity index (χ1v) is 17.5. The molecule has 0 saturated carbocycles. The van der Waals surface area contributed by atoms with Crippen LogP contribution in [-0.2, 0) is 14.4 Å². The number of aliphatic hydroxyl groups is 1. The fraction of sp³-hybridized carbons (Fsp3) is 0.441. The highest BCUT2D eigenvalue weighted by Crippen LogP contribution is 2.68. The fourth-order valence-corrected chi connectivity index (χ4v) is 10.8. The van der Waals surface area contributed by atoms with E-state index in [1.165, 1.54) is 0 Å². The van der Waals surface area contributed by atoms with Crippen LogP contribution < -0.4 is 14.5 Å². The summed E-state index contributed by atoms with van der Waals surface area (Å²) in [7, 11) is 0. The maximum Gasteiger partial charge on any atom is 0.251 e. The number of amides is 3. The average Bonchev–Trinajstić information content (AvgIpc) is 3.62. The molecule has 5 rings (SSSR count). The van der Waals surface area contributed by atoms with Crippen LogP contribution >= 0.6 is 39.3 Å². The zero-order chi connectivity index (χ0) is 32.3. The Morgan fingerprint density at radius 1 is 1.07 bits per heavy atom. The Hall–Kier alpha value is -2.79. The van der Waals surface area contributed by atoms with E-state index in [-0.39, 0.29) is 47.5 Å². The van der Waals surface area contributed by atoms with Crippen LogP contribution in [-0.4, -0.2) is 81.4 Å². The molecule has 0 radical (unpaired) electrons. The van der Waals surface area contributed by atoms with E-state index in [0.29, 0.717) is 54.6 Å². The minimum Gasteiger partial charge on any atom is -0.494 e. The summed E-state index contributed by atoms with van der Waals surface area (Å²) in [6.45, 7) is 11.0. The van der Waals surface area contributed by atoms with Gasteiger partial charge in [0.2, 0.25) is 11.8 Å². The quantitative estimate of drug-likeness (QED) is 0.153. The molecule has 3 aliphatic rings. The molecule has 11 heteroatoms. The first-order chi connectivity index (χ1) is 21.7. The molecule has 1 spiro atoms. The second-order valence-electron chi connectivity index (χ2n) is 11.5. The third-order valence-electron chi connectivity index (χ3n) is 8.87. The molecule has 1 N–H and O–H groups in total. The normalized spacial score (nSPS) is 26.4. The number of rotatable bonds is 14. The van der Waals surface area contributed by atoms with E-state index in [2.05, 4.69) is 29.1 Å². The Labute approximate surface area is 282 Å². The summed E-state index contributed by atoms with van der Waals surface area (Å²) < 4.78 is 4.79. The van der Waals surface area contributed by atoms with Gasteiger partial charge in [-0.25, -0.2) is 0 Å². The Balaban J connectivity index is 1.55. The number of anilines is 2. The second kappa shape index (κ2) is 14.3. The molecule has 6 atom stereocenters. The summed E-state index contributed by atoms with van der Waals surface area (Å²) >= 11 is 11.6. The molecule has 2 bridgehead atoms. The lowest BCUT2D eigenvalue weighted by molar-refractivity contribution is -0.139. The van der Waals surface area contributed by atoms with Crippen LogP contribution in [0.15, 0.2) is 73.8 Å². The van der Waals surface area contributed by atoms with E-state index in [9.17, 15) is 19.5 Å². The number of halogens is 2. The van der Waals surface area contributed by atoms with E-state index in [1.807, 2.05) is 31.2 Å². The highest BCUT2D eigenvalue weighted by atomic mass is 79.9. The van der Waals surface area contributed by atoms with Gasteiger partial charge in [-0.15, -0.1) is 24.9 Å². The van der Waals surface area contributed by atoms with Gasteiger partial charge in [-0.2, -0.15) is 0 Å². The number of alkyl halides is 1. The van der Waals surface area contributed by atoms with Crippen LogP contribution in [0.3, 0.4) is 0 Å². The molecule has 8 nitrogen and oxygen atoms in total. The highest BCUT2D eigenvalue weighted by molar-refractivity contribution is 9.09. The average molecular weight is 717 g/mol. The van der Waals surface area contributed by atoms with Crippen molar-refractivity contribution < 1.29 is 24.2 Å². The van der Waals surface area contributed by atoms with Crippen LogP contribution in [0.2, 0.25) is 5.02 Å². The molecule has 2 aromatic carbocycles. The number of likely N-dealkylation sites (tertiary alicyclic amines) is 1. The summed E-state index contributed by atoms with van der Waals surface area (Å²) in [5.41, 5.74) is 1.34. The van der Waals surface area contributed by atoms with Crippen LogP contribution in [0.5, 0.6) is 5.75 Å². The Morgan fingerprint density at radius 2 is 1.67 bits per heavy atom. The summed E-state index contributed by atoms with van der Waals surface area (Å²) in [5, 5.41) is 9.87. The van der Waals surface area contributed by atoms with Gasteiger partial charge in [-0.05, 0) is 74.7 Å². The first-order valence-electron chi connectivity index (χ1n) is 15.3. The van der Waals surface area contributed by atoms with Crippen molar-refractivity contribution in [1.82, 2.24) is 4.90 Å². The van der Waals surface area contributed by atoms with Crippen LogP contribution in [0, 0.1) is 11.8 Å². The molecule has 3 fully saturated rings. The molecule has 45 heavy (non-hydrogen) atoms. The van der Waals surface area contributed by atoms with Gasteiger partial charge in [-0.3, -0.25) is 14.4 Å². The third kappa shape index (κ3) is 6.19. The minimum atomic E-state index is -0.808. The molecule has 3 amide bonds. The Bertz CT molecular complexity index is 1430. The molecule has 0 aromatic heterocycles. The van der Waals surface area contributed by atoms with Crippen molar-refractivity contribution in [1.29, 1.82) is 0 Å². The molecule has 0 aliphatic carbocycles. The van der Waals surface area contributed by atoms with Gasteiger partial charge in [0.15, 0.2) is 0 Å². The van der Waals surface area contributed by atoms with Crippen molar-refractivity contribution in [3.05, 3.63) is 78.9 Å². The lowest BCUT2D eigenvalue weighted by Gasteiger charge is -2.38. The molecule has 3 heterocycles. The van der Waals surface area contributed by atoms with Gasteiger partial charge in [-0.1, -0.05) is 39.7 Å². The number of carbonyl (C=O) groups is 3. The van der Waals surface area contributed by atoms with E-state index < -0.39 is 22.6 Å². The van der Waals surface area contributed by atoms with Crippen LogP contribution in [0.4, 0.5) is 11.4 Å². The number of benzene rings is 2. The van der Waals surface area contributed by atoms with Crippen LogP contribution in [0.25, 0.3) is 0 Å². The van der Waals surface area contributed by atoms with Crippen molar-refractivity contribution in [2.45, 2.75) is 47.1 Å². The maximum atomic E-state index is 14.7. The topological polar surface area (TPSA) is 90.4 Å². The third-order valence-corrected chi connectivity index (χ3v) is 12.3. The number of aliphatic hydroxyl groups excluding tert-OH is 1. The number of carbonyl (C=O) groups excluding carboxylic acids is 3. The zero-order valence-corrected chi connectivity index (χ0v) is 28.5. The van der Waals surface area contributed by atoms with Crippen molar-refractivity contribution in [2.75, 3.05) is 42.6 Å². The predicted octanol–water partition coefficient (Wildman–Crippen LogP) is 5.71. The van der Waals surface area contributed by atoms with Gasteiger partial charge >= 0.3 is 0 Å². The second-order valence-corrected chi connectivity index (χ2v) is 14.7. The van der Waals surface area contributed by atoms with Gasteiger partial charge < -0.3 is 24.5 Å². The molecule has 3 aliphatic heterocycles. The van der Waals surface area contributed by atoms with Crippen molar-refractivity contribution in [3.63, 3.8) is 0 Å². The summed E-state index contributed by atoms with van der Waals surface area (Å²) in [4.78, 5) is 48.8. The van der Waals surface area contributed by atoms with Gasteiger partial charge in [0, 0.05) is 52.7 Å². The number of thioether (sulfide) groups is 1. The summed E-state index contributed by atoms with van der Waals surface area (Å²) in [6.07, 6.45) is 4.95. The van der Waals surface area contributed by atoms with Crippen molar-refractivity contribution in [2.24, 2.45) is 11.8 Å². The molecule has 3 unspecified atom stereocenters. The fourth-order valence-electron chi connectivity index (χ4n) is 7.07. The molecular formula is C34H39BrClN3O5S.